The van der Waals surface area contributed by atoms with E-state index in [0.717, 1.165) is 17.9 Å². The second kappa shape index (κ2) is 6.75. The molecule has 1 unspecified atom stereocenters. The number of pyridine rings is 1. The molecular weight excluding hydrogens is 260 g/mol. The highest BCUT2D eigenvalue weighted by atomic mass is 15.2. The van der Waals surface area contributed by atoms with Gasteiger partial charge in [0, 0.05) is 12.2 Å². The lowest BCUT2D eigenvalue weighted by Gasteiger charge is -2.39. The predicted octanol–water partition coefficient (Wildman–Crippen LogP) is 2.89. The zero-order valence-corrected chi connectivity index (χ0v) is 13.6. The summed E-state index contributed by atoms with van der Waals surface area (Å²) in [6.45, 7) is 7.06. The summed E-state index contributed by atoms with van der Waals surface area (Å²) >= 11 is 0. The van der Waals surface area contributed by atoms with Crippen molar-refractivity contribution in [3.05, 3.63) is 23.9 Å². The molecule has 21 heavy (non-hydrogen) atoms. The van der Waals surface area contributed by atoms with Crippen molar-refractivity contribution >= 4 is 5.82 Å². The highest BCUT2D eigenvalue weighted by molar-refractivity contribution is 5.38. The Hall–Kier alpha value is -1.13. The molecule has 0 bridgehead atoms. The van der Waals surface area contributed by atoms with Gasteiger partial charge in [0.1, 0.15) is 5.82 Å². The van der Waals surface area contributed by atoms with Crippen LogP contribution in [-0.4, -0.2) is 11.0 Å². The van der Waals surface area contributed by atoms with Crippen molar-refractivity contribution in [3.63, 3.8) is 0 Å². The molecule has 1 saturated carbocycles. The van der Waals surface area contributed by atoms with Crippen molar-refractivity contribution in [2.24, 2.45) is 23.1 Å². The second-order valence-corrected chi connectivity index (χ2v) is 7.50. The van der Waals surface area contributed by atoms with Gasteiger partial charge in [-0.25, -0.2) is 4.98 Å². The van der Waals surface area contributed by atoms with Gasteiger partial charge in [0.2, 0.25) is 0 Å². The van der Waals surface area contributed by atoms with Gasteiger partial charge < -0.3 is 5.73 Å². The fraction of sp³-hybridized carbons (Fsp3) is 0.706. The van der Waals surface area contributed by atoms with Crippen LogP contribution >= 0.6 is 0 Å². The maximum Gasteiger partial charge on any atom is 0.126 e. The number of anilines is 1. The SMILES string of the molecule is CC(C)(C)C1CCC(C(Cc2cccnc2N)NN)CC1. The minimum Gasteiger partial charge on any atom is -0.383 e. The Labute approximate surface area is 128 Å². The fourth-order valence-electron chi connectivity index (χ4n) is 3.61. The number of hydrogen-bond acceptors (Lipinski definition) is 4. The normalized spacial score (nSPS) is 24.8. The van der Waals surface area contributed by atoms with Crippen LogP contribution in [0.4, 0.5) is 5.82 Å². The molecule has 1 aliphatic carbocycles. The molecule has 118 valence electrons. The average Bonchev–Trinajstić information content (AvgIpc) is 2.46. The summed E-state index contributed by atoms with van der Waals surface area (Å²) in [6.07, 6.45) is 7.69. The van der Waals surface area contributed by atoms with Gasteiger partial charge in [-0.2, -0.15) is 0 Å². The van der Waals surface area contributed by atoms with Crippen molar-refractivity contribution < 1.29 is 0 Å². The molecule has 0 aliphatic heterocycles. The number of hydrogen-bond donors (Lipinski definition) is 3. The van der Waals surface area contributed by atoms with Gasteiger partial charge >= 0.3 is 0 Å². The van der Waals surface area contributed by atoms with Crippen LogP contribution in [0.25, 0.3) is 0 Å². The van der Waals surface area contributed by atoms with E-state index in [1.54, 1.807) is 6.20 Å². The van der Waals surface area contributed by atoms with Crippen LogP contribution in [0.5, 0.6) is 0 Å². The summed E-state index contributed by atoms with van der Waals surface area (Å²) in [7, 11) is 0. The van der Waals surface area contributed by atoms with Crippen LogP contribution in [0.3, 0.4) is 0 Å². The van der Waals surface area contributed by atoms with E-state index in [-0.39, 0.29) is 6.04 Å². The molecule has 4 nitrogen and oxygen atoms in total. The van der Waals surface area contributed by atoms with Crippen LogP contribution in [-0.2, 0) is 6.42 Å². The third kappa shape index (κ3) is 4.17. The topological polar surface area (TPSA) is 77.0 Å². The van der Waals surface area contributed by atoms with E-state index in [2.05, 4.69) is 31.2 Å². The molecule has 0 aromatic carbocycles. The molecule has 1 aromatic heterocycles. The first kappa shape index (κ1) is 16.2. The van der Waals surface area contributed by atoms with Gasteiger partial charge in [0.25, 0.3) is 0 Å². The molecular formula is C17H30N4. The molecule has 4 heteroatoms. The van der Waals surface area contributed by atoms with Gasteiger partial charge in [-0.15, -0.1) is 0 Å². The lowest BCUT2D eigenvalue weighted by atomic mass is 9.68. The largest absolute Gasteiger partial charge is 0.383 e. The second-order valence-electron chi connectivity index (χ2n) is 7.50. The third-order valence-corrected chi connectivity index (χ3v) is 5.15. The molecule has 1 heterocycles. The molecule has 1 aliphatic rings. The van der Waals surface area contributed by atoms with Crippen LogP contribution in [0.15, 0.2) is 18.3 Å². The Morgan fingerprint density at radius 2 is 1.95 bits per heavy atom. The third-order valence-electron chi connectivity index (χ3n) is 5.15. The first-order valence-electron chi connectivity index (χ1n) is 8.07. The Morgan fingerprint density at radius 3 is 2.48 bits per heavy atom. The molecule has 0 saturated heterocycles. The van der Waals surface area contributed by atoms with Crippen LogP contribution in [0.2, 0.25) is 0 Å². The maximum absolute atomic E-state index is 5.95. The zero-order chi connectivity index (χ0) is 15.5. The van der Waals surface area contributed by atoms with E-state index in [0.29, 0.717) is 17.2 Å². The van der Waals surface area contributed by atoms with Crippen molar-refractivity contribution in [1.82, 2.24) is 10.4 Å². The summed E-state index contributed by atoms with van der Waals surface area (Å²) in [5.41, 5.74) is 10.5. The van der Waals surface area contributed by atoms with Gasteiger partial charge in [0.05, 0.1) is 0 Å². The van der Waals surface area contributed by atoms with Crippen LogP contribution < -0.4 is 17.0 Å². The lowest BCUT2D eigenvalue weighted by Crippen LogP contribution is -2.44. The fourth-order valence-corrected chi connectivity index (χ4v) is 3.61. The van der Waals surface area contributed by atoms with Crippen molar-refractivity contribution in [1.29, 1.82) is 0 Å². The van der Waals surface area contributed by atoms with Crippen LogP contribution in [0, 0.1) is 17.3 Å². The Morgan fingerprint density at radius 1 is 1.29 bits per heavy atom. The van der Waals surface area contributed by atoms with Gasteiger partial charge in [-0.05, 0) is 61.0 Å². The minimum absolute atomic E-state index is 0.289. The molecule has 0 amide bonds. The van der Waals surface area contributed by atoms with E-state index in [4.69, 9.17) is 11.6 Å². The predicted molar refractivity (Wildman–Crippen MR) is 88.4 cm³/mol. The number of nitrogen functional groups attached to an aromatic ring is 1. The van der Waals surface area contributed by atoms with Crippen molar-refractivity contribution in [3.8, 4) is 0 Å². The average molecular weight is 290 g/mol. The van der Waals surface area contributed by atoms with E-state index in [9.17, 15) is 0 Å². The first-order valence-corrected chi connectivity index (χ1v) is 8.07. The molecule has 0 spiro atoms. The summed E-state index contributed by atoms with van der Waals surface area (Å²) in [5.74, 6) is 7.90. The van der Waals surface area contributed by atoms with Crippen molar-refractivity contribution in [2.75, 3.05) is 5.73 Å². The molecule has 5 N–H and O–H groups in total. The smallest absolute Gasteiger partial charge is 0.126 e. The maximum atomic E-state index is 5.95. The Bertz CT molecular complexity index is 444. The summed E-state index contributed by atoms with van der Waals surface area (Å²) in [5, 5.41) is 0. The van der Waals surface area contributed by atoms with Gasteiger partial charge in [-0.3, -0.25) is 11.3 Å². The summed E-state index contributed by atoms with van der Waals surface area (Å²) < 4.78 is 0. The number of aromatic nitrogens is 1. The highest BCUT2D eigenvalue weighted by Crippen LogP contribution is 2.41. The Balaban J connectivity index is 1.96. The summed E-state index contributed by atoms with van der Waals surface area (Å²) in [4.78, 5) is 4.17. The summed E-state index contributed by atoms with van der Waals surface area (Å²) in [6, 6.07) is 4.28. The van der Waals surface area contributed by atoms with E-state index in [1.807, 2.05) is 12.1 Å². The Kier molecular flexibility index (Phi) is 5.22. The lowest BCUT2D eigenvalue weighted by molar-refractivity contribution is 0.132. The number of rotatable bonds is 4. The molecule has 1 fully saturated rings. The van der Waals surface area contributed by atoms with E-state index in [1.165, 1.54) is 25.7 Å². The monoisotopic (exact) mass is 290 g/mol. The standard InChI is InChI=1S/C17H30N4/c1-17(2,3)14-8-6-12(7-9-14)15(21-19)11-13-5-4-10-20-16(13)18/h4-5,10,12,14-15,21H,6-9,11,19H2,1-3H3,(H2,18,20). The quantitative estimate of drug-likeness (QED) is 0.588. The van der Waals surface area contributed by atoms with E-state index >= 15 is 0 Å². The molecule has 0 radical (unpaired) electrons. The molecule has 1 atom stereocenters. The number of nitrogens with two attached hydrogens (primary N) is 2. The first-order chi connectivity index (χ1) is 9.91. The molecule has 2 rings (SSSR count). The van der Waals surface area contributed by atoms with Gasteiger partial charge in [0.15, 0.2) is 0 Å². The van der Waals surface area contributed by atoms with Gasteiger partial charge in [-0.1, -0.05) is 26.8 Å². The number of nitrogens with zero attached hydrogens (tertiary/aromatic N) is 1. The van der Waals surface area contributed by atoms with Crippen LogP contribution in [0.1, 0.15) is 52.0 Å². The highest BCUT2D eigenvalue weighted by Gasteiger charge is 2.32. The zero-order valence-electron chi connectivity index (χ0n) is 13.6. The minimum atomic E-state index is 0.289. The van der Waals surface area contributed by atoms with Crippen molar-refractivity contribution in [2.45, 2.75) is 58.9 Å². The number of nitrogens with one attached hydrogen (secondary N) is 1. The molecule has 1 aromatic rings. The van der Waals surface area contributed by atoms with E-state index < -0.39 is 0 Å². The number of hydrazine groups is 1.